The molecule has 1 amide bonds. The van der Waals surface area contributed by atoms with E-state index in [-0.39, 0.29) is 17.2 Å². The Bertz CT molecular complexity index is 1040. The molecule has 0 spiro atoms. The third-order valence-electron chi connectivity index (χ3n) is 3.77. The van der Waals surface area contributed by atoms with Crippen molar-refractivity contribution in [3.8, 4) is 0 Å². The van der Waals surface area contributed by atoms with E-state index >= 15 is 0 Å². The lowest BCUT2D eigenvalue weighted by molar-refractivity contribution is -0.115. The number of hydrogen-bond acceptors (Lipinski definition) is 3. The third-order valence-corrected chi connectivity index (χ3v) is 5.49. The number of carbonyl (C=O) groups is 1. The zero-order valence-electron chi connectivity index (χ0n) is 14.2. The fourth-order valence-electron chi connectivity index (χ4n) is 2.45. The molecule has 0 aliphatic carbocycles. The normalized spacial score (nSPS) is 11.0. The Morgan fingerprint density at radius 3 is 2.15 bits per heavy atom. The molecule has 0 radical (unpaired) electrons. The fraction of sp³-hybridized carbons (Fsp3) is 0.0500. The van der Waals surface area contributed by atoms with Crippen LogP contribution in [0.15, 0.2) is 83.8 Å². The standard InChI is InChI=1S/C20H17ClN2O3S/c21-18-8-4-5-9-19(18)23-27(25,26)17-12-10-16(11-13-17)22-20(24)14-15-6-2-1-3-7-15/h1-13,23H,14H2,(H,22,24). The number of hydrogen-bond donors (Lipinski definition) is 2. The van der Waals surface area contributed by atoms with Crippen LogP contribution in [0.2, 0.25) is 5.02 Å². The Kier molecular flexibility index (Phi) is 5.78. The molecule has 0 aliphatic rings. The number of para-hydroxylation sites is 1. The first kappa shape index (κ1) is 18.9. The van der Waals surface area contributed by atoms with E-state index in [4.69, 9.17) is 11.6 Å². The Balaban J connectivity index is 1.67. The first-order chi connectivity index (χ1) is 12.9. The van der Waals surface area contributed by atoms with Gasteiger partial charge >= 0.3 is 0 Å². The van der Waals surface area contributed by atoms with Crippen molar-refractivity contribution in [2.45, 2.75) is 11.3 Å². The van der Waals surface area contributed by atoms with Gasteiger partial charge in [-0.2, -0.15) is 0 Å². The van der Waals surface area contributed by atoms with Crippen molar-refractivity contribution >= 4 is 38.9 Å². The molecule has 3 rings (SSSR count). The van der Waals surface area contributed by atoms with Gasteiger partial charge in [-0.05, 0) is 42.0 Å². The van der Waals surface area contributed by atoms with Gasteiger partial charge in [0.2, 0.25) is 5.91 Å². The van der Waals surface area contributed by atoms with Gasteiger partial charge in [-0.3, -0.25) is 9.52 Å². The summed E-state index contributed by atoms with van der Waals surface area (Å²) in [5, 5.41) is 3.06. The molecule has 0 bridgehead atoms. The molecule has 138 valence electrons. The lowest BCUT2D eigenvalue weighted by atomic mass is 10.1. The van der Waals surface area contributed by atoms with Crippen LogP contribution in [0.4, 0.5) is 11.4 Å². The quantitative estimate of drug-likeness (QED) is 0.647. The van der Waals surface area contributed by atoms with E-state index in [0.717, 1.165) is 5.56 Å². The smallest absolute Gasteiger partial charge is 0.261 e. The molecule has 0 saturated heterocycles. The maximum absolute atomic E-state index is 12.5. The van der Waals surface area contributed by atoms with Gasteiger partial charge in [0.1, 0.15) is 0 Å². The van der Waals surface area contributed by atoms with E-state index in [2.05, 4.69) is 10.0 Å². The largest absolute Gasteiger partial charge is 0.326 e. The molecular weight excluding hydrogens is 384 g/mol. The number of rotatable bonds is 6. The first-order valence-corrected chi connectivity index (χ1v) is 10.0. The predicted octanol–water partition coefficient (Wildman–Crippen LogP) is 4.32. The second kappa shape index (κ2) is 8.24. The van der Waals surface area contributed by atoms with Crippen LogP contribution < -0.4 is 10.0 Å². The van der Waals surface area contributed by atoms with Crippen molar-refractivity contribution in [2.75, 3.05) is 10.0 Å². The Morgan fingerprint density at radius 1 is 0.852 bits per heavy atom. The molecule has 0 aromatic heterocycles. The third kappa shape index (κ3) is 5.09. The molecule has 3 aromatic rings. The number of benzene rings is 3. The molecule has 0 unspecified atom stereocenters. The summed E-state index contributed by atoms with van der Waals surface area (Å²) >= 11 is 5.99. The van der Waals surface area contributed by atoms with E-state index in [9.17, 15) is 13.2 Å². The lowest BCUT2D eigenvalue weighted by Crippen LogP contribution is -2.15. The summed E-state index contributed by atoms with van der Waals surface area (Å²) in [6.07, 6.45) is 0.245. The number of halogens is 1. The van der Waals surface area contributed by atoms with Crippen molar-refractivity contribution in [1.29, 1.82) is 0 Å². The topological polar surface area (TPSA) is 75.3 Å². The van der Waals surface area contributed by atoms with Gasteiger partial charge in [-0.15, -0.1) is 0 Å². The zero-order valence-corrected chi connectivity index (χ0v) is 15.8. The van der Waals surface area contributed by atoms with E-state index in [1.54, 1.807) is 36.4 Å². The summed E-state index contributed by atoms with van der Waals surface area (Å²) in [5.41, 5.74) is 1.73. The molecule has 7 heteroatoms. The van der Waals surface area contributed by atoms with Crippen molar-refractivity contribution in [3.05, 3.63) is 89.4 Å². The molecule has 0 heterocycles. The van der Waals surface area contributed by atoms with Gasteiger partial charge < -0.3 is 5.32 Å². The van der Waals surface area contributed by atoms with Crippen molar-refractivity contribution in [3.63, 3.8) is 0 Å². The molecule has 0 saturated carbocycles. The highest BCUT2D eigenvalue weighted by Gasteiger charge is 2.15. The maximum atomic E-state index is 12.5. The molecule has 0 fully saturated rings. The van der Waals surface area contributed by atoms with E-state index in [1.807, 2.05) is 30.3 Å². The molecule has 0 atom stereocenters. The van der Waals surface area contributed by atoms with Crippen LogP contribution in [0.1, 0.15) is 5.56 Å². The van der Waals surface area contributed by atoms with E-state index < -0.39 is 10.0 Å². The van der Waals surface area contributed by atoms with E-state index in [1.165, 1.54) is 12.1 Å². The number of nitrogens with one attached hydrogen (secondary N) is 2. The Hall–Kier alpha value is -2.83. The van der Waals surface area contributed by atoms with Gasteiger partial charge in [-0.25, -0.2) is 8.42 Å². The van der Waals surface area contributed by atoms with Crippen LogP contribution in [0.5, 0.6) is 0 Å². The van der Waals surface area contributed by atoms with E-state index in [0.29, 0.717) is 16.4 Å². The average Bonchev–Trinajstić information content (AvgIpc) is 2.65. The average molecular weight is 401 g/mol. The number of sulfonamides is 1. The second-order valence-corrected chi connectivity index (χ2v) is 7.91. The molecular formula is C20H17ClN2O3S. The number of anilines is 2. The summed E-state index contributed by atoms with van der Waals surface area (Å²) in [7, 11) is -3.78. The SMILES string of the molecule is O=C(Cc1ccccc1)Nc1ccc(S(=O)(=O)Nc2ccccc2Cl)cc1. The molecule has 0 aliphatic heterocycles. The van der Waals surface area contributed by atoms with Crippen molar-refractivity contribution < 1.29 is 13.2 Å². The summed E-state index contributed by atoms with van der Waals surface area (Å²) < 4.78 is 27.4. The lowest BCUT2D eigenvalue weighted by Gasteiger charge is -2.10. The minimum atomic E-state index is -3.78. The fourth-order valence-corrected chi connectivity index (χ4v) is 3.77. The van der Waals surface area contributed by atoms with Crippen LogP contribution in [0, 0.1) is 0 Å². The van der Waals surface area contributed by atoms with Gasteiger partial charge in [0, 0.05) is 5.69 Å². The summed E-state index contributed by atoms with van der Waals surface area (Å²) in [4.78, 5) is 12.2. The molecule has 2 N–H and O–H groups in total. The highest BCUT2D eigenvalue weighted by Crippen LogP contribution is 2.24. The second-order valence-electron chi connectivity index (χ2n) is 5.82. The summed E-state index contributed by atoms with van der Waals surface area (Å²) in [5.74, 6) is -0.175. The molecule has 27 heavy (non-hydrogen) atoms. The van der Waals surface area contributed by atoms with Gasteiger partial charge in [0.25, 0.3) is 10.0 Å². The highest BCUT2D eigenvalue weighted by molar-refractivity contribution is 7.92. The van der Waals surface area contributed by atoms with Crippen LogP contribution in [-0.4, -0.2) is 14.3 Å². The summed E-state index contributed by atoms with van der Waals surface area (Å²) in [6.45, 7) is 0. The Labute approximate surface area is 163 Å². The van der Waals surface area contributed by atoms with Gasteiger partial charge in [0.15, 0.2) is 0 Å². The van der Waals surface area contributed by atoms with Crippen LogP contribution in [-0.2, 0) is 21.2 Å². The van der Waals surface area contributed by atoms with Crippen molar-refractivity contribution in [1.82, 2.24) is 0 Å². The zero-order chi connectivity index (χ0) is 19.3. The maximum Gasteiger partial charge on any atom is 0.261 e. The van der Waals surface area contributed by atoms with Gasteiger partial charge in [0.05, 0.1) is 22.0 Å². The number of carbonyl (C=O) groups excluding carboxylic acids is 1. The van der Waals surface area contributed by atoms with Crippen molar-refractivity contribution in [2.24, 2.45) is 0 Å². The number of amides is 1. The Morgan fingerprint density at radius 2 is 1.48 bits per heavy atom. The van der Waals surface area contributed by atoms with Crippen LogP contribution >= 0.6 is 11.6 Å². The van der Waals surface area contributed by atoms with Gasteiger partial charge in [-0.1, -0.05) is 54.1 Å². The van der Waals surface area contributed by atoms with Crippen LogP contribution in [0.3, 0.4) is 0 Å². The van der Waals surface area contributed by atoms with Crippen LogP contribution in [0.25, 0.3) is 0 Å². The molecule has 3 aromatic carbocycles. The minimum absolute atomic E-state index is 0.0727. The minimum Gasteiger partial charge on any atom is -0.326 e. The monoisotopic (exact) mass is 400 g/mol. The molecule has 5 nitrogen and oxygen atoms in total. The summed E-state index contributed by atoms with van der Waals surface area (Å²) in [6, 6.07) is 21.9. The first-order valence-electron chi connectivity index (χ1n) is 8.15. The predicted molar refractivity (Wildman–Crippen MR) is 107 cm³/mol. The highest BCUT2D eigenvalue weighted by atomic mass is 35.5.